The molecule has 2 atom stereocenters. The van der Waals surface area contributed by atoms with Gasteiger partial charge in [0.25, 0.3) is 0 Å². The fourth-order valence-corrected chi connectivity index (χ4v) is 5.28. The minimum Gasteiger partial charge on any atom is -0.493 e. The van der Waals surface area contributed by atoms with Gasteiger partial charge in [0.1, 0.15) is 5.75 Å². The Morgan fingerprint density at radius 1 is 1.11 bits per heavy atom. The van der Waals surface area contributed by atoms with E-state index in [4.69, 9.17) is 4.74 Å². The average molecular weight is 519 g/mol. The first kappa shape index (κ1) is 27.3. The minimum atomic E-state index is -1.58. The summed E-state index contributed by atoms with van der Waals surface area (Å²) in [5.41, 5.74) is 0.994. The van der Waals surface area contributed by atoms with Gasteiger partial charge in [0.05, 0.1) is 12.2 Å². The highest BCUT2D eigenvalue weighted by molar-refractivity contribution is 5.98. The molecule has 2 aliphatic heterocycles. The molecule has 0 radical (unpaired) electrons. The van der Waals surface area contributed by atoms with Crippen molar-refractivity contribution in [3.05, 3.63) is 65.0 Å². The van der Waals surface area contributed by atoms with Crippen LogP contribution in [0.5, 0.6) is 5.75 Å². The van der Waals surface area contributed by atoms with E-state index in [2.05, 4.69) is 40.1 Å². The van der Waals surface area contributed by atoms with Gasteiger partial charge in [0.2, 0.25) is 0 Å². The zero-order valence-corrected chi connectivity index (χ0v) is 21.7. The van der Waals surface area contributed by atoms with Gasteiger partial charge in [-0.25, -0.2) is 13.2 Å². The lowest BCUT2D eigenvalue weighted by Gasteiger charge is -2.38. The van der Waals surface area contributed by atoms with Crippen molar-refractivity contribution in [3.63, 3.8) is 0 Å². The third-order valence-electron chi connectivity index (χ3n) is 7.55. The van der Waals surface area contributed by atoms with Gasteiger partial charge in [-0.2, -0.15) is 0 Å². The van der Waals surface area contributed by atoms with E-state index in [1.807, 2.05) is 6.07 Å². The first-order valence-corrected chi connectivity index (χ1v) is 13.1. The van der Waals surface area contributed by atoms with Crippen LogP contribution in [0.2, 0.25) is 0 Å². The van der Waals surface area contributed by atoms with Crippen LogP contribution in [0.3, 0.4) is 0 Å². The largest absolute Gasteiger partial charge is 0.493 e. The van der Waals surface area contributed by atoms with Crippen LogP contribution in [-0.4, -0.2) is 78.2 Å². The lowest BCUT2D eigenvalue weighted by Crippen LogP contribution is -2.47. The second-order valence-corrected chi connectivity index (χ2v) is 10.3. The van der Waals surface area contributed by atoms with Crippen LogP contribution < -0.4 is 4.74 Å². The summed E-state index contributed by atoms with van der Waals surface area (Å²) in [6.07, 6.45) is 4.66. The molecule has 0 amide bonds. The molecule has 37 heavy (non-hydrogen) atoms. The van der Waals surface area contributed by atoms with Gasteiger partial charge in [-0.1, -0.05) is 17.3 Å². The van der Waals surface area contributed by atoms with Crippen molar-refractivity contribution in [3.8, 4) is 5.75 Å². The molecule has 2 aromatic carbocycles. The molecule has 0 bridgehead atoms. The molecule has 0 aliphatic carbocycles. The Morgan fingerprint density at radius 3 is 2.65 bits per heavy atom. The lowest BCUT2D eigenvalue weighted by atomic mass is 9.94. The Hall–Kier alpha value is -2.78. The second-order valence-electron chi connectivity index (χ2n) is 10.3. The van der Waals surface area contributed by atoms with Gasteiger partial charge in [0.15, 0.2) is 23.3 Å². The Kier molecular flexibility index (Phi) is 9.32. The van der Waals surface area contributed by atoms with Crippen molar-refractivity contribution in [2.75, 3.05) is 46.4 Å². The maximum atomic E-state index is 14.3. The monoisotopic (exact) mass is 518 g/mol. The number of ether oxygens (including phenoxy) is 1. The molecule has 0 saturated carbocycles. The summed E-state index contributed by atoms with van der Waals surface area (Å²) in [5.74, 6) is -3.10. The van der Waals surface area contributed by atoms with Crippen molar-refractivity contribution in [1.82, 2.24) is 14.7 Å². The molecule has 2 heterocycles. The number of piperidine rings is 1. The van der Waals surface area contributed by atoms with E-state index >= 15 is 0 Å². The summed E-state index contributed by atoms with van der Waals surface area (Å²) in [6.45, 7) is 8.03. The van der Waals surface area contributed by atoms with E-state index in [1.165, 1.54) is 18.4 Å². The number of likely N-dealkylation sites (tertiary alicyclic amines) is 2. The summed E-state index contributed by atoms with van der Waals surface area (Å²) >= 11 is 0. The van der Waals surface area contributed by atoms with E-state index in [-0.39, 0.29) is 11.4 Å². The number of benzene rings is 2. The SMILES string of the molecule is CC1CCC(COc2cccc(CN3CCCC3)c2)CN1CCN(C)C(=NO)c1ccc(F)c(F)c1F. The number of hydrogen-bond acceptors (Lipinski definition) is 5. The van der Waals surface area contributed by atoms with Gasteiger partial charge in [-0.05, 0) is 75.5 Å². The quantitative estimate of drug-likeness (QED) is 0.167. The molecular formula is C28H37F3N4O2. The van der Waals surface area contributed by atoms with Crippen LogP contribution in [-0.2, 0) is 6.54 Å². The molecule has 2 aliphatic rings. The summed E-state index contributed by atoms with van der Waals surface area (Å²) in [4.78, 5) is 6.37. The van der Waals surface area contributed by atoms with E-state index < -0.39 is 17.5 Å². The van der Waals surface area contributed by atoms with Crippen molar-refractivity contribution in [2.45, 2.75) is 45.2 Å². The number of rotatable bonds is 9. The fourth-order valence-electron chi connectivity index (χ4n) is 5.28. The maximum absolute atomic E-state index is 14.3. The lowest BCUT2D eigenvalue weighted by molar-refractivity contribution is 0.0860. The topological polar surface area (TPSA) is 51.5 Å². The molecule has 0 aromatic heterocycles. The Bertz CT molecular complexity index is 1080. The molecule has 202 valence electrons. The van der Waals surface area contributed by atoms with Gasteiger partial charge in [-0.3, -0.25) is 9.80 Å². The highest BCUT2D eigenvalue weighted by atomic mass is 19.2. The Balaban J connectivity index is 1.29. The molecule has 0 spiro atoms. The van der Waals surface area contributed by atoms with Gasteiger partial charge < -0.3 is 14.8 Å². The van der Waals surface area contributed by atoms with Gasteiger partial charge >= 0.3 is 0 Å². The minimum absolute atomic E-state index is 0.144. The smallest absolute Gasteiger partial charge is 0.195 e. The highest BCUT2D eigenvalue weighted by Crippen LogP contribution is 2.24. The van der Waals surface area contributed by atoms with E-state index in [1.54, 1.807) is 11.9 Å². The first-order valence-electron chi connectivity index (χ1n) is 13.1. The molecule has 2 saturated heterocycles. The standard InChI is InChI=1S/C28H37F3N4O2/c1-20-8-9-22(19-37-23-7-5-6-21(16-23)17-34-12-3-4-13-34)18-35(20)15-14-33(2)28(32-36)24-10-11-25(29)27(31)26(24)30/h5-7,10-11,16,20,22,36H,3-4,8-9,12-15,17-19H2,1-2H3. The molecule has 4 rings (SSSR count). The number of amidine groups is 1. The summed E-state index contributed by atoms with van der Waals surface area (Å²) in [7, 11) is 1.64. The predicted octanol–water partition coefficient (Wildman–Crippen LogP) is 4.95. The van der Waals surface area contributed by atoms with Crippen molar-refractivity contribution < 1.29 is 23.1 Å². The molecule has 2 aromatic rings. The summed E-state index contributed by atoms with van der Waals surface area (Å²) < 4.78 is 47.5. The number of likely N-dealkylation sites (N-methyl/N-ethyl adjacent to an activating group) is 1. The summed E-state index contributed by atoms with van der Waals surface area (Å²) in [5, 5.41) is 12.6. The number of hydrogen-bond donors (Lipinski definition) is 1. The molecule has 9 heteroatoms. The number of nitrogens with zero attached hydrogens (tertiary/aromatic N) is 4. The first-order chi connectivity index (χ1) is 17.9. The molecule has 6 nitrogen and oxygen atoms in total. The summed E-state index contributed by atoms with van der Waals surface area (Å²) in [6, 6.07) is 10.6. The maximum Gasteiger partial charge on any atom is 0.195 e. The van der Waals surface area contributed by atoms with E-state index in [9.17, 15) is 18.4 Å². The van der Waals surface area contributed by atoms with E-state index in [0.29, 0.717) is 31.7 Å². The zero-order valence-electron chi connectivity index (χ0n) is 21.7. The number of oxime groups is 1. The molecule has 2 fully saturated rings. The van der Waals surface area contributed by atoms with E-state index in [0.717, 1.165) is 56.9 Å². The van der Waals surface area contributed by atoms with Crippen LogP contribution in [0.15, 0.2) is 41.6 Å². The van der Waals surface area contributed by atoms with Crippen LogP contribution in [0.4, 0.5) is 13.2 Å². The van der Waals surface area contributed by atoms with Gasteiger partial charge in [0, 0.05) is 45.2 Å². The second kappa shape index (κ2) is 12.6. The van der Waals surface area contributed by atoms with Crippen LogP contribution >= 0.6 is 0 Å². The highest BCUT2D eigenvalue weighted by Gasteiger charge is 2.27. The predicted molar refractivity (Wildman–Crippen MR) is 137 cm³/mol. The van der Waals surface area contributed by atoms with Crippen molar-refractivity contribution in [1.29, 1.82) is 0 Å². The number of halogens is 3. The average Bonchev–Trinajstić information content (AvgIpc) is 3.41. The molecule has 1 N–H and O–H groups in total. The third-order valence-corrected chi connectivity index (χ3v) is 7.55. The van der Waals surface area contributed by atoms with Crippen LogP contribution in [0.25, 0.3) is 0 Å². The Labute approximate surface area is 217 Å². The third kappa shape index (κ3) is 6.96. The van der Waals surface area contributed by atoms with Crippen molar-refractivity contribution >= 4 is 5.84 Å². The fraction of sp³-hybridized carbons (Fsp3) is 0.536. The van der Waals surface area contributed by atoms with Gasteiger partial charge in [-0.15, -0.1) is 0 Å². The zero-order chi connectivity index (χ0) is 26.4. The Morgan fingerprint density at radius 2 is 1.89 bits per heavy atom. The molecular weight excluding hydrogens is 481 g/mol. The normalized spacial score (nSPS) is 21.4. The van der Waals surface area contributed by atoms with Crippen molar-refractivity contribution in [2.24, 2.45) is 11.1 Å². The van der Waals surface area contributed by atoms with Crippen LogP contribution in [0, 0.1) is 23.4 Å². The van der Waals surface area contributed by atoms with Crippen LogP contribution in [0.1, 0.15) is 43.7 Å². The molecule has 2 unspecified atom stereocenters.